The van der Waals surface area contributed by atoms with E-state index in [1.807, 2.05) is 46.7 Å². The maximum atomic E-state index is 12.9. The molecule has 4 rings (SSSR count). The fourth-order valence-electron chi connectivity index (χ4n) is 3.53. The van der Waals surface area contributed by atoms with Crippen molar-refractivity contribution in [3.8, 4) is 17.0 Å². The van der Waals surface area contributed by atoms with Crippen LogP contribution in [0.1, 0.15) is 20.2 Å². The third-order valence-electron chi connectivity index (χ3n) is 5.29. The summed E-state index contributed by atoms with van der Waals surface area (Å²) in [5.74, 6) is 0.665. The third-order valence-corrected chi connectivity index (χ3v) is 6.16. The van der Waals surface area contributed by atoms with Crippen molar-refractivity contribution in [1.82, 2.24) is 25.3 Å². The molecule has 0 unspecified atom stereocenters. The first-order valence-electron chi connectivity index (χ1n) is 10.2. The van der Waals surface area contributed by atoms with Crippen LogP contribution in [-0.4, -0.2) is 78.2 Å². The van der Waals surface area contributed by atoms with Crippen LogP contribution in [0.15, 0.2) is 47.8 Å². The number of aromatic amines is 1. The summed E-state index contributed by atoms with van der Waals surface area (Å²) in [5.41, 5.74) is 2.08. The number of nitrogens with zero attached hydrogens (tertiary/aromatic N) is 3. The Morgan fingerprint density at radius 2 is 2.00 bits per heavy atom. The molecule has 2 amide bonds. The first-order chi connectivity index (χ1) is 15.1. The predicted molar refractivity (Wildman–Crippen MR) is 120 cm³/mol. The van der Waals surface area contributed by atoms with E-state index in [9.17, 15) is 9.59 Å². The highest BCUT2D eigenvalue weighted by Gasteiger charge is 2.23. The molecule has 1 aromatic carbocycles. The van der Waals surface area contributed by atoms with Crippen LogP contribution < -0.4 is 10.1 Å². The summed E-state index contributed by atoms with van der Waals surface area (Å²) >= 11 is 1.44. The van der Waals surface area contributed by atoms with Gasteiger partial charge in [0.2, 0.25) is 0 Å². The lowest BCUT2D eigenvalue weighted by atomic mass is 10.1. The van der Waals surface area contributed by atoms with E-state index in [0.717, 1.165) is 35.8 Å². The number of hydrogen-bond donors (Lipinski definition) is 2. The maximum absolute atomic E-state index is 12.9. The number of ether oxygens (including phenoxy) is 1. The van der Waals surface area contributed by atoms with Crippen molar-refractivity contribution in [2.24, 2.45) is 0 Å². The van der Waals surface area contributed by atoms with Gasteiger partial charge in [-0.2, -0.15) is 5.10 Å². The number of H-pyrrole nitrogens is 1. The molecule has 31 heavy (non-hydrogen) atoms. The minimum atomic E-state index is -0.0488. The average molecular weight is 440 g/mol. The summed E-state index contributed by atoms with van der Waals surface area (Å²) < 4.78 is 5.26. The molecule has 9 heteroatoms. The number of benzene rings is 1. The highest BCUT2D eigenvalue weighted by molar-refractivity contribution is 7.12. The molecular formula is C22H25N5O3S. The molecule has 0 saturated carbocycles. The Hall–Kier alpha value is -3.17. The van der Waals surface area contributed by atoms with Crippen LogP contribution in [0.5, 0.6) is 5.75 Å². The van der Waals surface area contributed by atoms with Gasteiger partial charge in [0.15, 0.2) is 0 Å². The van der Waals surface area contributed by atoms with Crippen molar-refractivity contribution in [2.75, 3.05) is 46.4 Å². The number of thiophene rings is 1. The van der Waals surface area contributed by atoms with Crippen molar-refractivity contribution in [1.29, 1.82) is 0 Å². The minimum absolute atomic E-state index is 0.0325. The summed E-state index contributed by atoms with van der Waals surface area (Å²) in [6.45, 7) is 4.20. The Labute approximate surface area is 184 Å². The van der Waals surface area contributed by atoms with Crippen LogP contribution in [0.2, 0.25) is 0 Å². The summed E-state index contributed by atoms with van der Waals surface area (Å²) in [7, 11) is 1.62. The third kappa shape index (κ3) is 5.12. The smallest absolute Gasteiger partial charge is 0.271 e. The van der Waals surface area contributed by atoms with Gasteiger partial charge in [-0.05, 0) is 29.6 Å². The maximum Gasteiger partial charge on any atom is 0.271 e. The SMILES string of the molecule is COc1cccc(-c2cc(C(=O)N3CCN(CCNC(=O)c4cccs4)CC3)[nH]n2)c1. The molecule has 2 N–H and O–H groups in total. The highest BCUT2D eigenvalue weighted by atomic mass is 32.1. The molecule has 0 spiro atoms. The van der Waals surface area contributed by atoms with E-state index in [2.05, 4.69) is 20.4 Å². The molecule has 3 aromatic rings. The lowest BCUT2D eigenvalue weighted by molar-refractivity contribution is 0.0632. The zero-order valence-corrected chi connectivity index (χ0v) is 18.2. The number of rotatable bonds is 7. The van der Waals surface area contributed by atoms with E-state index in [1.54, 1.807) is 13.2 Å². The van der Waals surface area contributed by atoms with E-state index in [-0.39, 0.29) is 11.8 Å². The molecule has 3 heterocycles. The molecule has 0 bridgehead atoms. The summed E-state index contributed by atoms with van der Waals surface area (Å²) in [6.07, 6.45) is 0. The number of aromatic nitrogens is 2. The topological polar surface area (TPSA) is 90.6 Å². The fourth-order valence-corrected chi connectivity index (χ4v) is 4.17. The number of carbonyl (C=O) groups is 2. The zero-order valence-electron chi connectivity index (χ0n) is 17.3. The molecular weight excluding hydrogens is 414 g/mol. The second-order valence-corrected chi connectivity index (χ2v) is 8.21. The number of methoxy groups -OCH3 is 1. The van der Waals surface area contributed by atoms with Crippen molar-refractivity contribution in [2.45, 2.75) is 0 Å². The van der Waals surface area contributed by atoms with Gasteiger partial charge in [-0.3, -0.25) is 19.6 Å². The Kier molecular flexibility index (Phi) is 6.63. The molecule has 1 fully saturated rings. The first kappa shape index (κ1) is 21.1. The molecule has 162 valence electrons. The van der Waals surface area contributed by atoms with E-state index >= 15 is 0 Å². The molecule has 8 nitrogen and oxygen atoms in total. The van der Waals surface area contributed by atoms with Gasteiger partial charge in [-0.25, -0.2) is 0 Å². The zero-order chi connectivity index (χ0) is 21.6. The van der Waals surface area contributed by atoms with Gasteiger partial charge in [0, 0.05) is 44.8 Å². The van der Waals surface area contributed by atoms with Gasteiger partial charge < -0.3 is 15.0 Å². The van der Waals surface area contributed by atoms with Gasteiger partial charge >= 0.3 is 0 Å². The van der Waals surface area contributed by atoms with Crippen LogP contribution >= 0.6 is 11.3 Å². The monoisotopic (exact) mass is 439 g/mol. The van der Waals surface area contributed by atoms with E-state index < -0.39 is 0 Å². The molecule has 1 saturated heterocycles. The second kappa shape index (κ2) is 9.76. The Balaban J connectivity index is 1.26. The molecule has 0 atom stereocenters. The standard InChI is InChI=1S/C22H25N5O3S/c1-30-17-5-2-4-16(14-17)18-15-19(25-24-18)22(29)27-11-9-26(10-12-27)8-7-23-21(28)20-6-3-13-31-20/h2-6,13-15H,7-12H2,1H3,(H,23,28)(H,24,25). The van der Waals surface area contributed by atoms with E-state index in [4.69, 9.17) is 4.74 Å². The number of amides is 2. The van der Waals surface area contributed by atoms with Gasteiger partial charge in [0.05, 0.1) is 17.7 Å². The second-order valence-electron chi connectivity index (χ2n) is 7.27. The van der Waals surface area contributed by atoms with Gasteiger partial charge in [-0.1, -0.05) is 18.2 Å². The summed E-state index contributed by atoms with van der Waals surface area (Å²) in [6, 6.07) is 13.1. The van der Waals surface area contributed by atoms with Crippen LogP contribution in [0.4, 0.5) is 0 Å². The minimum Gasteiger partial charge on any atom is -0.497 e. The number of hydrogen-bond acceptors (Lipinski definition) is 6. The van der Waals surface area contributed by atoms with Crippen molar-refractivity contribution in [3.05, 3.63) is 58.4 Å². The van der Waals surface area contributed by atoms with Gasteiger partial charge in [0.1, 0.15) is 11.4 Å². The van der Waals surface area contributed by atoms with Crippen molar-refractivity contribution >= 4 is 23.2 Å². The Morgan fingerprint density at radius 1 is 1.16 bits per heavy atom. The fraction of sp³-hybridized carbons (Fsp3) is 0.318. The van der Waals surface area contributed by atoms with Crippen LogP contribution in [0, 0.1) is 0 Å². The lowest BCUT2D eigenvalue weighted by Gasteiger charge is -2.34. The largest absolute Gasteiger partial charge is 0.497 e. The van der Waals surface area contributed by atoms with Crippen molar-refractivity contribution in [3.63, 3.8) is 0 Å². The predicted octanol–water partition coefficient (Wildman–Crippen LogP) is 2.33. The first-order valence-corrected chi connectivity index (χ1v) is 11.0. The van der Waals surface area contributed by atoms with Gasteiger partial charge in [0.25, 0.3) is 11.8 Å². The number of piperazine rings is 1. The molecule has 0 radical (unpaired) electrons. The average Bonchev–Trinajstić information content (AvgIpc) is 3.52. The van der Waals surface area contributed by atoms with Gasteiger partial charge in [-0.15, -0.1) is 11.3 Å². The summed E-state index contributed by atoms with van der Waals surface area (Å²) in [5, 5.41) is 12.0. The quantitative estimate of drug-likeness (QED) is 0.590. The van der Waals surface area contributed by atoms with Crippen LogP contribution in [0.3, 0.4) is 0 Å². The lowest BCUT2D eigenvalue weighted by Crippen LogP contribution is -2.50. The molecule has 0 aliphatic carbocycles. The van der Waals surface area contributed by atoms with Crippen LogP contribution in [0.25, 0.3) is 11.3 Å². The molecule has 1 aliphatic heterocycles. The number of nitrogens with one attached hydrogen (secondary N) is 2. The number of carbonyl (C=O) groups excluding carboxylic acids is 2. The molecule has 1 aliphatic rings. The summed E-state index contributed by atoms with van der Waals surface area (Å²) in [4.78, 5) is 29.7. The van der Waals surface area contributed by atoms with E-state index in [1.165, 1.54) is 11.3 Å². The normalized spacial score (nSPS) is 14.4. The highest BCUT2D eigenvalue weighted by Crippen LogP contribution is 2.23. The Morgan fingerprint density at radius 3 is 2.74 bits per heavy atom. The molecule has 2 aromatic heterocycles. The van der Waals surface area contributed by atoms with E-state index in [0.29, 0.717) is 31.0 Å². The Bertz CT molecular complexity index is 1030. The van der Waals surface area contributed by atoms with Crippen molar-refractivity contribution < 1.29 is 14.3 Å². The van der Waals surface area contributed by atoms with Crippen LogP contribution in [-0.2, 0) is 0 Å².